The summed E-state index contributed by atoms with van der Waals surface area (Å²) >= 11 is 1.22. The van der Waals surface area contributed by atoms with Gasteiger partial charge in [-0.1, -0.05) is 17.7 Å². The average molecular weight is 612 g/mol. The van der Waals surface area contributed by atoms with E-state index in [-0.39, 0.29) is 34.9 Å². The number of likely N-dealkylation sites (N-methyl/N-ethyl adjacent to an activating group) is 1. The number of nitrogens with one attached hydrogen (secondary N) is 4. The third kappa shape index (κ3) is 8.82. The van der Waals surface area contributed by atoms with Gasteiger partial charge in [-0.05, 0) is 51.4 Å². The van der Waals surface area contributed by atoms with Crippen LogP contribution in [0.3, 0.4) is 0 Å². The highest BCUT2D eigenvalue weighted by atomic mass is 32.1. The van der Waals surface area contributed by atoms with Crippen molar-refractivity contribution in [2.75, 3.05) is 32.6 Å². The minimum absolute atomic E-state index is 0.00248. The van der Waals surface area contributed by atoms with Crippen molar-refractivity contribution in [2.45, 2.75) is 43.4 Å². The highest BCUT2D eigenvalue weighted by molar-refractivity contribution is 7.17. The third-order valence-corrected chi connectivity index (χ3v) is 8.28. The summed E-state index contributed by atoms with van der Waals surface area (Å²) in [5, 5.41) is 9.34. The predicted octanol–water partition coefficient (Wildman–Crippen LogP) is 0.174. The number of likely N-dealkylation sites (tertiary alicyclic amines) is 1. The van der Waals surface area contributed by atoms with Gasteiger partial charge in [0.05, 0.1) is 53.8 Å². The first-order valence-corrected chi connectivity index (χ1v) is 15.0. The Morgan fingerprint density at radius 2 is 1.93 bits per heavy atom. The standard InChI is InChI=1S/C28H35B3N8O4S/c1-39-11-4-3-6-16(39)13-34-25(41)20-14-35-27(44-20)17-7-5-8-18(23(17)43-2)36-19(22(33)26(42)38-28(29,30)31)12-21(32)37-24(40)15-9-10-15/h5,7-8,12,14-16,36H,3-4,6,9-11,13,32-33H2,1-2H3,(H,34,41)(H,37,40)(H,38,42)/b21-12+,22-19+. The van der Waals surface area contributed by atoms with Gasteiger partial charge in [-0.3, -0.25) is 14.4 Å². The van der Waals surface area contributed by atoms with Gasteiger partial charge >= 0.3 is 0 Å². The molecule has 1 aliphatic heterocycles. The predicted molar refractivity (Wildman–Crippen MR) is 173 cm³/mol. The summed E-state index contributed by atoms with van der Waals surface area (Å²) in [6.07, 6.45) is 7.74. The molecule has 1 aromatic heterocycles. The van der Waals surface area contributed by atoms with Crippen LogP contribution in [0.5, 0.6) is 5.75 Å². The second kappa shape index (κ2) is 14.3. The molecule has 1 aliphatic carbocycles. The molecule has 6 radical (unpaired) electrons. The van der Waals surface area contributed by atoms with Gasteiger partial charge < -0.3 is 42.4 Å². The molecule has 4 rings (SSSR count). The van der Waals surface area contributed by atoms with Gasteiger partial charge in [0.15, 0.2) is 5.75 Å². The summed E-state index contributed by atoms with van der Waals surface area (Å²) < 4.78 is 5.72. The number of allylic oxidation sites excluding steroid dienone is 1. The van der Waals surface area contributed by atoms with E-state index >= 15 is 0 Å². The Labute approximate surface area is 265 Å². The van der Waals surface area contributed by atoms with Crippen LogP contribution in [-0.4, -0.2) is 89.7 Å². The van der Waals surface area contributed by atoms with E-state index < -0.39 is 11.1 Å². The van der Waals surface area contributed by atoms with Crippen LogP contribution in [0.4, 0.5) is 5.69 Å². The summed E-state index contributed by atoms with van der Waals surface area (Å²) in [4.78, 5) is 45.2. The number of aromatic nitrogens is 1. The lowest BCUT2D eigenvalue weighted by atomic mass is 9.49. The molecular formula is C28H35B3N8O4S. The number of piperidine rings is 1. The van der Waals surface area contributed by atoms with Crippen molar-refractivity contribution in [3.05, 3.63) is 52.6 Å². The Morgan fingerprint density at radius 3 is 2.59 bits per heavy atom. The molecule has 2 heterocycles. The van der Waals surface area contributed by atoms with Crippen LogP contribution in [0.15, 0.2) is 47.7 Å². The first-order chi connectivity index (χ1) is 20.9. The summed E-state index contributed by atoms with van der Waals surface area (Å²) in [5.41, 5.74) is 12.8. The number of carbonyl (C=O) groups is 3. The minimum Gasteiger partial charge on any atom is -0.494 e. The average Bonchev–Trinajstić information content (AvgIpc) is 3.71. The Balaban J connectivity index is 1.58. The highest BCUT2D eigenvalue weighted by Gasteiger charge is 2.30. The molecule has 1 saturated carbocycles. The Kier molecular flexibility index (Phi) is 10.7. The van der Waals surface area contributed by atoms with Crippen LogP contribution in [0.1, 0.15) is 41.8 Å². The topological polar surface area (TPSA) is 177 Å². The van der Waals surface area contributed by atoms with Crippen molar-refractivity contribution >= 4 is 58.3 Å². The molecule has 1 atom stereocenters. The van der Waals surface area contributed by atoms with Gasteiger partial charge in [0.25, 0.3) is 11.8 Å². The number of hydrogen-bond donors (Lipinski definition) is 6. The van der Waals surface area contributed by atoms with Crippen molar-refractivity contribution in [3.63, 3.8) is 0 Å². The molecule has 1 aromatic carbocycles. The zero-order valence-electron chi connectivity index (χ0n) is 24.8. The molecule has 2 aliphatic rings. The first-order valence-electron chi connectivity index (χ1n) is 14.2. The number of rotatable bonds is 12. The van der Waals surface area contributed by atoms with Crippen molar-refractivity contribution < 1.29 is 19.1 Å². The summed E-state index contributed by atoms with van der Waals surface area (Å²) in [7, 11) is 20.1. The fourth-order valence-electron chi connectivity index (χ4n) is 4.72. The largest absolute Gasteiger partial charge is 0.494 e. The number of para-hydroxylation sites is 1. The van der Waals surface area contributed by atoms with Crippen molar-refractivity contribution in [3.8, 4) is 16.3 Å². The molecule has 44 heavy (non-hydrogen) atoms. The fraction of sp³-hybridized carbons (Fsp3) is 0.429. The molecule has 8 N–H and O–H groups in total. The number of carbonyl (C=O) groups excluding carboxylic acids is 3. The summed E-state index contributed by atoms with van der Waals surface area (Å²) in [6.45, 7) is 1.58. The van der Waals surface area contributed by atoms with Gasteiger partial charge in [0.2, 0.25) is 5.91 Å². The maximum absolute atomic E-state index is 12.9. The number of ether oxygens (including phenoxy) is 1. The van der Waals surface area contributed by atoms with E-state index in [4.69, 9.17) is 39.7 Å². The zero-order valence-corrected chi connectivity index (χ0v) is 25.6. The number of anilines is 1. The van der Waals surface area contributed by atoms with Crippen LogP contribution >= 0.6 is 11.3 Å². The number of methoxy groups -OCH3 is 1. The lowest BCUT2D eigenvalue weighted by Gasteiger charge is -2.32. The van der Waals surface area contributed by atoms with Crippen LogP contribution in [0, 0.1) is 5.92 Å². The van der Waals surface area contributed by atoms with E-state index in [9.17, 15) is 14.4 Å². The zero-order chi connectivity index (χ0) is 32.0. The smallest absolute Gasteiger partial charge is 0.267 e. The Hall–Kier alpha value is -3.91. The SMILES string of the molecule is [B]C([B])([B])NC(=O)/C(N)=C(/C=C(\N)NC(=O)C1CC1)Nc1cccc(-c2ncc(C(=O)NCC3CCCCN3C)s2)c1OC. The molecule has 16 heteroatoms. The molecule has 1 saturated heterocycles. The number of thiazole rings is 1. The van der Waals surface area contributed by atoms with Gasteiger partial charge in [-0.25, -0.2) is 4.98 Å². The van der Waals surface area contributed by atoms with Gasteiger partial charge in [0.1, 0.15) is 21.4 Å². The van der Waals surface area contributed by atoms with Crippen LogP contribution < -0.4 is 37.5 Å². The van der Waals surface area contributed by atoms with Crippen molar-refractivity contribution in [1.82, 2.24) is 25.8 Å². The van der Waals surface area contributed by atoms with Gasteiger partial charge in [-0.2, -0.15) is 0 Å². The lowest BCUT2D eigenvalue weighted by molar-refractivity contribution is -0.121. The summed E-state index contributed by atoms with van der Waals surface area (Å²) in [6, 6.07) is 5.51. The molecule has 1 unspecified atom stereocenters. The van der Waals surface area contributed by atoms with E-state index in [0.29, 0.717) is 39.5 Å². The second-order valence-corrected chi connectivity index (χ2v) is 12.0. The number of hydrogen-bond acceptors (Lipinski definition) is 10. The van der Waals surface area contributed by atoms with E-state index in [2.05, 4.69) is 38.2 Å². The normalized spacial score (nSPS) is 18.1. The number of nitrogens with two attached hydrogens (primary N) is 2. The Bertz CT molecular complexity index is 1450. The van der Waals surface area contributed by atoms with Gasteiger partial charge in [-0.15, -0.1) is 11.3 Å². The molecule has 226 valence electrons. The van der Waals surface area contributed by atoms with Gasteiger partial charge in [0, 0.05) is 24.6 Å². The van der Waals surface area contributed by atoms with E-state index in [1.54, 1.807) is 18.2 Å². The third-order valence-electron chi connectivity index (χ3n) is 7.25. The number of amides is 3. The van der Waals surface area contributed by atoms with Crippen molar-refractivity contribution in [2.24, 2.45) is 17.4 Å². The summed E-state index contributed by atoms with van der Waals surface area (Å²) in [5.74, 6) is -1.13. The molecular weight excluding hydrogens is 577 g/mol. The lowest BCUT2D eigenvalue weighted by Crippen LogP contribution is -2.51. The molecule has 12 nitrogen and oxygen atoms in total. The minimum atomic E-state index is -2.04. The molecule has 2 aromatic rings. The molecule has 3 amide bonds. The van der Waals surface area contributed by atoms with Crippen LogP contribution in [0.2, 0.25) is 0 Å². The number of benzene rings is 1. The number of nitrogens with zero attached hydrogens (tertiary/aromatic N) is 2. The maximum atomic E-state index is 12.9. The Morgan fingerprint density at radius 1 is 1.18 bits per heavy atom. The highest BCUT2D eigenvalue weighted by Crippen LogP contribution is 2.39. The van der Waals surface area contributed by atoms with Crippen molar-refractivity contribution in [1.29, 1.82) is 0 Å². The maximum Gasteiger partial charge on any atom is 0.267 e. The fourth-order valence-corrected chi connectivity index (χ4v) is 5.58. The quantitative estimate of drug-likeness (QED) is 0.111. The van der Waals surface area contributed by atoms with E-state index in [1.165, 1.54) is 37.1 Å². The molecule has 2 fully saturated rings. The van der Waals surface area contributed by atoms with E-state index in [0.717, 1.165) is 32.2 Å². The van der Waals surface area contributed by atoms with Crippen LogP contribution in [0.25, 0.3) is 10.6 Å². The molecule has 0 spiro atoms. The monoisotopic (exact) mass is 612 g/mol. The molecule has 0 bridgehead atoms. The second-order valence-electron chi connectivity index (χ2n) is 11.0. The van der Waals surface area contributed by atoms with Crippen LogP contribution in [-0.2, 0) is 9.59 Å². The van der Waals surface area contributed by atoms with E-state index in [1.807, 2.05) is 0 Å². The first kappa shape index (κ1) is 33.0.